The van der Waals surface area contributed by atoms with E-state index in [9.17, 15) is 17.6 Å². The van der Waals surface area contributed by atoms with E-state index in [-0.39, 0.29) is 16.5 Å². The summed E-state index contributed by atoms with van der Waals surface area (Å²) in [6.45, 7) is -0.618. The van der Waals surface area contributed by atoms with Crippen molar-refractivity contribution < 1.29 is 17.6 Å². The van der Waals surface area contributed by atoms with E-state index in [1.807, 2.05) is 0 Å². The molecule has 0 aliphatic carbocycles. The maximum absolute atomic E-state index is 13.2. The normalized spacial score (nSPS) is 11.8. The van der Waals surface area contributed by atoms with Crippen LogP contribution in [0.15, 0.2) is 82.8 Å². The van der Waals surface area contributed by atoms with E-state index in [1.54, 1.807) is 36.4 Å². The number of carbonyl (C=O) groups is 1. The molecule has 0 heterocycles. The topological polar surface area (TPSA) is 78.8 Å². The van der Waals surface area contributed by atoms with E-state index < -0.39 is 28.3 Å². The highest BCUT2D eigenvalue weighted by atomic mass is 35.5. The average Bonchev–Trinajstić information content (AvgIpc) is 2.76. The third kappa shape index (κ3) is 6.37. The van der Waals surface area contributed by atoms with Gasteiger partial charge in [0.1, 0.15) is 5.82 Å². The first-order chi connectivity index (χ1) is 15.3. The SMILES string of the molecule is O=C(CN(Cc1ccc(Cl)c(Cl)c1)S(=O)(=O)c1ccccc1)N/N=C\c1cccc(F)c1. The predicted molar refractivity (Wildman–Crippen MR) is 123 cm³/mol. The number of carbonyl (C=O) groups excluding carboxylic acids is 1. The Labute approximate surface area is 195 Å². The predicted octanol–water partition coefficient (Wildman–Crippen LogP) is 4.47. The van der Waals surface area contributed by atoms with Crippen molar-refractivity contribution in [2.24, 2.45) is 5.10 Å². The number of hydrogen-bond donors (Lipinski definition) is 1. The molecule has 32 heavy (non-hydrogen) atoms. The van der Waals surface area contributed by atoms with Crippen LogP contribution in [0.25, 0.3) is 0 Å². The zero-order valence-corrected chi connectivity index (χ0v) is 18.9. The van der Waals surface area contributed by atoms with Crippen LogP contribution in [0.3, 0.4) is 0 Å². The number of sulfonamides is 1. The van der Waals surface area contributed by atoms with Crippen molar-refractivity contribution in [3.05, 3.63) is 99.8 Å². The van der Waals surface area contributed by atoms with Crippen molar-refractivity contribution >= 4 is 45.3 Å². The van der Waals surface area contributed by atoms with Crippen molar-refractivity contribution in [1.29, 1.82) is 0 Å². The molecule has 0 unspecified atom stereocenters. The molecule has 0 spiro atoms. The Kier molecular flexibility index (Phi) is 7.98. The summed E-state index contributed by atoms with van der Waals surface area (Å²) in [5.41, 5.74) is 3.26. The van der Waals surface area contributed by atoms with Crippen molar-refractivity contribution in [3.8, 4) is 0 Å². The molecule has 0 radical (unpaired) electrons. The highest BCUT2D eigenvalue weighted by Crippen LogP contribution is 2.25. The number of halogens is 3. The number of hydrogen-bond acceptors (Lipinski definition) is 4. The third-order valence-electron chi connectivity index (χ3n) is 4.30. The minimum absolute atomic E-state index is 0.0381. The quantitative estimate of drug-likeness (QED) is 0.371. The van der Waals surface area contributed by atoms with Crippen molar-refractivity contribution in [2.45, 2.75) is 11.4 Å². The van der Waals surface area contributed by atoms with Gasteiger partial charge in [-0.25, -0.2) is 18.2 Å². The van der Waals surface area contributed by atoms with Gasteiger partial charge in [-0.1, -0.05) is 59.6 Å². The molecule has 0 saturated carbocycles. The Hall–Kier alpha value is -2.78. The van der Waals surface area contributed by atoms with E-state index in [0.29, 0.717) is 16.1 Å². The zero-order chi connectivity index (χ0) is 23.1. The molecule has 0 fully saturated rings. The van der Waals surface area contributed by atoms with Gasteiger partial charge in [-0.2, -0.15) is 9.41 Å². The molecule has 3 aromatic rings. The Balaban J connectivity index is 1.80. The van der Waals surface area contributed by atoms with Gasteiger partial charge in [0.15, 0.2) is 0 Å². The van der Waals surface area contributed by atoms with Crippen LogP contribution in [0.4, 0.5) is 4.39 Å². The number of amides is 1. The van der Waals surface area contributed by atoms with Crippen LogP contribution in [0.2, 0.25) is 10.0 Å². The molecule has 6 nitrogen and oxygen atoms in total. The molecule has 3 rings (SSSR count). The van der Waals surface area contributed by atoms with Gasteiger partial charge in [-0.05, 0) is 47.5 Å². The van der Waals surface area contributed by atoms with E-state index in [2.05, 4.69) is 10.5 Å². The largest absolute Gasteiger partial charge is 0.272 e. The molecular formula is C22H18Cl2FN3O3S. The summed E-state index contributed by atoms with van der Waals surface area (Å²) in [5.74, 6) is -1.11. The fourth-order valence-electron chi connectivity index (χ4n) is 2.77. The molecule has 0 atom stereocenters. The maximum Gasteiger partial charge on any atom is 0.255 e. The molecule has 3 aromatic carbocycles. The standard InChI is InChI=1S/C22H18Cl2FN3O3S/c23-20-10-9-17(12-21(20)24)14-28(32(30,31)19-7-2-1-3-8-19)15-22(29)27-26-13-16-5-4-6-18(25)11-16/h1-13H,14-15H2,(H,27,29)/b26-13-. The summed E-state index contributed by atoms with van der Waals surface area (Å²) >= 11 is 12.0. The molecule has 1 N–H and O–H groups in total. The number of hydrazone groups is 1. The molecule has 1 amide bonds. The lowest BCUT2D eigenvalue weighted by Crippen LogP contribution is -2.39. The summed E-state index contributed by atoms with van der Waals surface area (Å²) in [7, 11) is -4.01. The lowest BCUT2D eigenvalue weighted by molar-refractivity contribution is -0.121. The Morgan fingerprint density at radius 3 is 2.44 bits per heavy atom. The van der Waals surface area contributed by atoms with Gasteiger partial charge in [0.25, 0.3) is 5.91 Å². The second kappa shape index (κ2) is 10.7. The zero-order valence-electron chi connectivity index (χ0n) is 16.6. The monoisotopic (exact) mass is 493 g/mol. The van der Waals surface area contributed by atoms with Crippen LogP contribution in [0, 0.1) is 5.82 Å². The molecule has 0 saturated heterocycles. The highest BCUT2D eigenvalue weighted by molar-refractivity contribution is 7.89. The molecule has 10 heteroatoms. The first-order valence-electron chi connectivity index (χ1n) is 9.32. The van der Waals surface area contributed by atoms with Crippen molar-refractivity contribution in [2.75, 3.05) is 6.54 Å². The van der Waals surface area contributed by atoms with Crippen LogP contribution < -0.4 is 5.43 Å². The van der Waals surface area contributed by atoms with Gasteiger partial charge in [0, 0.05) is 6.54 Å². The summed E-state index contributed by atoms with van der Waals surface area (Å²) in [6, 6.07) is 18.1. The third-order valence-corrected chi connectivity index (χ3v) is 6.84. The smallest absolute Gasteiger partial charge is 0.255 e. The van der Waals surface area contributed by atoms with Crippen LogP contribution in [0.5, 0.6) is 0 Å². The van der Waals surface area contributed by atoms with Crippen LogP contribution in [-0.2, 0) is 21.4 Å². The van der Waals surface area contributed by atoms with Gasteiger partial charge in [-0.3, -0.25) is 4.79 Å². The van der Waals surface area contributed by atoms with Crippen LogP contribution >= 0.6 is 23.2 Å². The van der Waals surface area contributed by atoms with Crippen LogP contribution in [0.1, 0.15) is 11.1 Å². The van der Waals surface area contributed by atoms with Crippen molar-refractivity contribution in [1.82, 2.24) is 9.73 Å². The number of benzene rings is 3. The first-order valence-corrected chi connectivity index (χ1v) is 11.5. The van der Waals surface area contributed by atoms with Gasteiger partial charge >= 0.3 is 0 Å². The molecular weight excluding hydrogens is 476 g/mol. The number of nitrogens with one attached hydrogen (secondary N) is 1. The van der Waals surface area contributed by atoms with Gasteiger partial charge in [0.05, 0.1) is 27.7 Å². The van der Waals surface area contributed by atoms with Gasteiger partial charge in [-0.15, -0.1) is 0 Å². The minimum Gasteiger partial charge on any atom is -0.272 e. The summed E-state index contributed by atoms with van der Waals surface area (Å²) < 4.78 is 40.6. The van der Waals surface area contributed by atoms with E-state index in [0.717, 1.165) is 4.31 Å². The van der Waals surface area contributed by atoms with Gasteiger partial charge in [0.2, 0.25) is 10.0 Å². The molecule has 0 aliphatic rings. The molecule has 0 aliphatic heterocycles. The van der Waals surface area contributed by atoms with E-state index in [4.69, 9.17) is 23.2 Å². The number of rotatable bonds is 8. The highest BCUT2D eigenvalue weighted by Gasteiger charge is 2.27. The first kappa shape index (κ1) is 23.9. The summed E-state index contributed by atoms with van der Waals surface area (Å²) in [6.07, 6.45) is 1.26. The lowest BCUT2D eigenvalue weighted by Gasteiger charge is -2.21. The maximum atomic E-state index is 13.2. The second-order valence-corrected chi connectivity index (χ2v) is 9.44. The number of nitrogens with zero attached hydrogens (tertiary/aromatic N) is 2. The molecule has 0 aromatic heterocycles. The van der Waals surface area contributed by atoms with Crippen molar-refractivity contribution in [3.63, 3.8) is 0 Å². The summed E-state index contributed by atoms with van der Waals surface area (Å²) in [5, 5.41) is 4.37. The van der Waals surface area contributed by atoms with Gasteiger partial charge < -0.3 is 0 Å². The van der Waals surface area contributed by atoms with Crippen LogP contribution in [-0.4, -0.2) is 31.4 Å². The lowest BCUT2D eigenvalue weighted by atomic mass is 10.2. The fourth-order valence-corrected chi connectivity index (χ4v) is 4.50. The average molecular weight is 494 g/mol. The van der Waals surface area contributed by atoms with E-state index in [1.165, 1.54) is 42.6 Å². The Morgan fingerprint density at radius 1 is 1.00 bits per heavy atom. The fraction of sp³-hybridized carbons (Fsp3) is 0.0909. The molecule has 0 bridgehead atoms. The Bertz CT molecular complexity index is 1240. The minimum atomic E-state index is -4.01. The van der Waals surface area contributed by atoms with E-state index >= 15 is 0 Å². The Morgan fingerprint density at radius 2 is 1.75 bits per heavy atom. The second-order valence-electron chi connectivity index (χ2n) is 6.68. The molecule has 166 valence electrons. The summed E-state index contributed by atoms with van der Waals surface area (Å²) in [4.78, 5) is 12.5.